The molecule has 0 radical (unpaired) electrons. The smallest absolute Gasteiger partial charge is 0.223 e. The summed E-state index contributed by atoms with van der Waals surface area (Å²) in [5, 5.41) is 3.30. The summed E-state index contributed by atoms with van der Waals surface area (Å²) in [6.45, 7) is 2.60. The molecule has 4 heteroatoms. The highest BCUT2D eigenvalue weighted by atomic mass is 16.5. The van der Waals surface area contributed by atoms with Crippen LogP contribution in [-0.2, 0) is 4.79 Å². The van der Waals surface area contributed by atoms with Crippen LogP contribution < -0.4 is 14.8 Å². The fourth-order valence-corrected chi connectivity index (χ4v) is 6.17. The van der Waals surface area contributed by atoms with Gasteiger partial charge in [-0.2, -0.15) is 0 Å². The van der Waals surface area contributed by atoms with Crippen LogP contribution >= 0.6 is 0 Å². The largest absolute Gasteiger partial charge is 0.493 e. The maximum Gasteiger partial charge on any atom is 0.223 e. The molecular formula is C22H31NO3. The molecule has 1 aromatic carbocycles. The zero-order valence-corrected chi connectivity index (χ0v) is 16.0. The van der Waals surface area contributed by atoms with Gasteiger partial charge in [-0.1, -0.05) is 12.1 Å². The molecular weight excluding hydrogens is 326 g/mol. The number of methoxy groups -OCH3 is 1. The first-order valence-corrected chi connectivity index (χ1v) is 10.1. The van der Waals surface area contributed by atoms with Gasteiger partial charge < -0.3 is 14.8 Å². The number of amides is 1. The third-order valence-corrected chi connectivity index (χ3v) is 7.04. The molecule has 4 saturated carbocycles. The monoisotopic (exact) mass is 357 g/mol. The van der Waals surface area contributed by atoms with Crippen LogP contribution in [0.1, 0.15) is 51.9 Å². The van der Waals surface area contributed by atoms with Crippen LogP contribution in [0.2, 0.25) is 0 Å². The molecule has 1 N–H and O–H groups in total. The Bertz CT molecular complexity index is 621. The summed E-state index contributed by atoms with van der Waals surface area (Å²) in [5.41, 5.74) is 0.355. The zero-order valence-electron chi connectivity index (χ0n) is 16.0. The van der Waals surface area contributed by atoms with E-state index in [0.717, 1.165) is 17.8 Å². The molecule has 4 bridgehead atoms. The Morgan fingerprint density at radius 2 is 1.69 bits per heavy atom. The van der Waals surface area contributed by atoms with E-state index in [0.29, 0.717) is 29.9 Å². The van der Waals surface area contributed by atoms with Crippen LogP contribution in [0.3, 0.4) is 0 Å². The van der Waals surface area contributed by atoms with Crippen LogP contribution in [0.4, 0.5) is 0 Å². The van der Waals surface area contributed by atoms with E-state index >= 15 is 0 Å². The van der Waals surface area contributed by atoms with Crippen molar-refractivity contribution in [3.8, 4) is 11.5 Å². The Labute approximate surface area is 156 Å². The molecule has 1 amide bonds. The summed E-state index contributed by atoms with van der Waals surface area (Å²) in [5.74, 6) is 4.23. The number of hydrogen-bond donors (Lipinski definition) is 1. The quantitative estimate of drug-likeness (QED) is 0.796. The molecule has 1 aromatic rings. The van der Waals surface area contributed by atoms with Gasteiger partial charge in [0.15, 0.2) is 11.5 Å². The van der Waals surface area contributed by atoms with E-state index in [1.54, 1.807) is 7.11 Å². The Kier molecular flexibility index (Phi) is 4.85. The van der Waals surface area contributed by atoms with Crippen molar-refractivity contribution in [3.05, 3.63) is 24.3 Å². The lowest BCUT2D eigenvalue weighted by atomic mass is 9.48. The molecule has 4 fully saturated rings. The van der Waals surface area contributed by atoms with Gasteiger partial charge in [-0.15, -0.1) is 0 Å². The molecule has 1 atom stereocenters. The average molecular weight is 357 g/mol. The third kappa shape index (κ3) is 3.43. The van der Waals surface area contributed by atoms with E-state index < -0.39 is 0 Å². The van der Waals surface area contributed by atoms with Crippen molar-refractivity contribution in [1.29, 1.82) is 0 Å². The van der Waals surface area contributed by atoms with Gasteiger partial charge in [0.05, 0.1) is 20.1 Å². The van der Waals surface area contributed by atoms with E-state index in [-0.39, 0.29) is 11.9 Å². The first-order chi connectivity index (χ1) is 12.6. The van der Waals surface area contributed by atoms with Crippen molar-refractivity contribution in [2.45, 2.75) is 57.9 Å². The molecule has 4 aliphatic rings. The van der Waals surface area contributed by atoms with E-state index in [2.05, 4.69) is 12.2 Å². The topological polar surface area (TPSA) is 47.6 Å². The van der Waals surface area contributed by atoms with Crippen LogP contribution in [0.5, 0.6) is 11.5 Å². The summed E-state index contributed by atoms with van der Waals surface area (Å²) in [4.78, 5) is 12.5. The summed E-state index contributed by atoms with van der Waals surface area (Å²) in [7, 11) is 1.63. The fourth-order valence-electron chi connectivity index (χ4n) is 6.17. The van der Waals surface area contributed by atoms with E-state index in [9.17, 15) is 4.79 Å². The third-order valence-electron chi connectivity index (χ3n) is 7.04. The maximum atomic E-state index is 12.5. The van der Waals surface area contributed by atoms with Gasteiger partial charge in [-0.05, 0) is 80.8 Å². The van der Waals surface area contributed by atoms with Gasteiger partial charge in [0.25, 0.3) is 0 Å². The van der Waals surface area contributed by atoms with Gasteiger partial charge in [0, 0.05) is 6.04 Å². The van der Waals surface area contributed by atoms with Crippen LogP contribution in [0, 0.1) is 23.2 Å². The number of hydrogen-bond acceptors (Lipinski definition) is 3. The number of para-hydroxylation sites is 2. The van der Waals surface area contributed by atoms with Crippen molar-refractivity contribution in [3.63, 3.8) is 0 Å². The predicted octanol–water partition coefficient (Wildman–Crippen LogP) is 4.19. The number of benzene rings is 1. The van der Waals surface area contributed by atoms with Gasteiger partial charge in [0.1, 0.15) is 0 Å². The van der Waals surface area contributed by atoms with Crippen molar-refractivity contribution < 1.29 is 14.3 Å². The minimum atomic E-state index is 0.100. The number of rotatable bonds is 7. The van der Waals surface area contributed by atoms with E-state index in [1.807, 2.05) is 24.3 Å². The highest BCUT2D eigenvalue weighted by Gasteiger charge is 2.53. The van der Waals surface area contributed by atoms with E-state index in [1.165, 1.54) is 38.5 Å². The van der Waals surface area contributed by atoms with Crippen LogP contribution in [-0.4, -0.2) is 25.7 Å². The summed E-state index contributed by atoms with van der Waals surface area (Å²) in [6.07, 6.45) is 8.65. The molecule has 0 heterocycles. The van der Waals surface area contributed by atoms with Crippen molar-refractivity contribution in [1.82, 2.24) is 5.32 Å². The highest BCUT2D eigenvalue weighted by molar-refractivity contribution is 5.76. The summed E-state index contributed by atoms with van der Waals surface area (Å²) < 4.78 is 11.0. The Hall–Kier alpha value is -1.71. The predicted molar refractivity (Wildman–Crippen MR) is 101 cm³/mol. The molecule has 0 spiro atoms. The molecule has 0 aliphatic heterocycles. The lowest BCUT2D eigenvalue weighted by molar-refractivity contribution is -0.126. The van der Waals surface area contributed by atoms with Crippen molar-refractivity contribution in [2.75, 3.05) is 13.7 Å². The SMILES string of the molecule is COc1ccccc1OCCC(=O)NC(C)C12CC3CC(CC(C3)C1)C2. The average Bonchev–Trinajstić information content (AvgIpc) is 2.61. The molecule has 26 heavy (non-hydrogen) atoms. The molecule has 1 unspecified atom stereocenters. The molecule has 0 saturated heterocycles. The van der Waals surface area contributed by atoms with Crippen molar-refractivity contribution in [2.24, 2.45) is 23.2 Å². The Morgan fingerprint density at radius 1 is 1.12 bits per heavy atom. The lowest BCUT2D eigenvalue weighted by Crippen LogP contribution is -2.55. The first-order valence-electron chi connectivity index (χ1n) is 10.1. The second kappa shape index (κ2) is 7.13. The number of ether oxygens (including phenoxy) is 2. The van der Waals surface area contributed by atoms with Crippen LogP contribution in [0.15, 0.2) is 24.3 Å². The first kappa shape index (κ1) is 17.7. The fraction of sp³-hybridized carbons (Fsp3) is 0.682. The number of carbonyl (C=O) groups excluding carboxylic acids is 1. The second-order valence-corrected chi connectivity index (χ2v) is 8.82. The van der Waals surface area contributed by atoms with Crippen LogP contribution in [0.25, 0.3) is 0 Å². The van der Waals surface area contributed by atoms with Gasteiger partial charge >= 0.3 is 0 Å². The van der Waals surface area contributed by atoms with Gasteiger partial charge in [0.2, 0.25) is 5.91 Å². The molecule has 4 nitrogen and oxygen atoms in total. The maximum absolute atomic E-state index is 12.5. The zero-order chi connectivity index (χ0) is 18.1. The second-order valence-electron chi connectivity index (χ2n) is 8.82. The standard InChI is InChI=1S/C22H31NO3/c1-15(22-12-16-9-17(13-22)11-18(10-16)14-22)23-21(24)7-8-26-20-6-4-3-5-19(20)25-2/h3-6,15-18H,7-14H2,1-2H3,(H,23,24). The van der Waals surface area contributed by atoms with Crippen molar-refractivity contribution >= 4 is 5.91 Å². The molecule has 0 aromatic heterocycles. The van der Waals surface area contributed by atoms with Gasteiger partial charge in [-0.25, -0.2) is 0 Å². The Balaban J connectivity index is 1.28. The lowest BCUT2D eigenvalue weighted by Gasteiger charge is -2.59. The van der Waals surface area contributed by atoms with Gasteiger partial charge in [-0.3, -0.25) is 4.79 Å². The minimum Gasteiger partial charge on any atom is -0.493 e. The molecule has 5 rings (SSSR count). The summed E-state index contributed by atoms with van der Waals surface area (Å²) in [6, 6.07) is 7.83. The highest BCUT2D eigenvalue weighted by Crippen LogP contribution is 2.61. The minimum absolute atomic E-state index is 0.100. The Morgan fingerprint density at radius 3 is 2.27 bits per heavy atom. The van der Waals surface area contributed by atoms with E-state index in [4.69, 9.17) is 9.47 Å². The normalized spacial score (nSPS) is 32.9. The number of carbonyl (C=O) groups is 1. The summed E-state index contributed by atoms with van der Waals surface area (Å²) >= 11 is 0. The molecule has 4 aliphatic carbocycles. The molecule has 142 valence electrons. The number of nitrogens with one attached hydrogen (secondary N) is 1.